The quantitative estimate of drug-likeness (QED) is 0.736. The van der Waals surface area contributed by atoms with Crippen molar-refractivity contribution in [3.8, 4) is 11.5 Å². The molecule has 2 aromatic heterocycles. The highest BCUT2D eigenvalue weighted by molar-refractivity contribution is 5.53. The standard InChI is InChI=1S/C16H18N6O/c1-11-3-5-13(6-4-11)16-17-14(20-23-16)9-21-7-8-22-12(2)18-19-15(22)10-21/h3-6H,7-10H2,1-2H3. The van der Waals surface area contributed by atoms with Gasteiger partial charge in [-0.1, -0.05) is 22.9 Å². The minimum Gasteiger partial charge on any atom is -0.334 e. The van der Waals surface area contributed by atoms with Gasteiger partial charge in [-0.05, 0) is 26.0 Å². The summed E-state index contributed by atoms with van der Waals surface area (Å²) >= 11 is 0. The summed E-state index contributed by atoms with van der Waals surface area (Å²) in [6.45, 7) is 7.28. The zero-order valence-corrected chi connectivity index (χ0v) is 13.2. The summed E-state index contributed by atoms with van der Waals surface area (Å²) in [7, 11) is 0. The molecular formula is C16H18N6O. The van der Waals surface area contributed by atoms with Crippen molar-refractivity contribution in [2.75, 3.05) is 6.54 Å². The first-order chi connectivity index (χ1) is 11.2. The molecule has 7 heteroatoms. The summed E-state index contributed by atoms with van der Waals surface area (Å²) < 4.78 is 7.54. The van der Waals surface area contributed by atoms with Gasteiger partial charge in [0.1, 0.15) is 11.6 Å². The van der Waals surface area contributed by atoms with Crippen LogP contribution in [0.15, 0.2) is 28.8 Å². The van der Waals surface area contributed by atoms with Gasteiger partial charge < -0.3 is 9.09 Å². The van der Waals surface area contributed by atoms with E-state index < -0.39 is 0 Å². The van der Waals surface area contributed by atoms with E-state index in [0.717, 1.165) is 36.8 Å². The second kappa shape index (κ2) is 5.58. The summed E-state index contributed by atoms with van der Waals surface area (Å²) in [6, 6.07) is 8.08. The summed E-state index contributed by atoms with van der Waals surface area (Å²) in [5.74, 6) is 3.23. The Balaban J connectivity index is 1.47. The van der Waals surface area contributed by atoms with Crippen LogP contribution in [0.5, 0.6) is 0 Å². The third-order valence-corrected chi connectivity index (χ3v) is 4.15. The molecule has 1 aliphatic rings. The van der Waals surface area contributed by atoms with Gasteiger partial charge in [-0.3, -0.25) is 4.90 Å². The normalized spacial score (nSPS) is 14.9. The third-order valence-electron chi connectivity index (χ3n) is 4.15. The molecule has 0 unspecified atom stereocenters. The van der Waals surface area contributed by atoms with Crippen LogP contribution in [0.4, 0.5) is 0 Å². The number of rotatable bonds is 3. The van der Waals surface area contributed by atoms with Crippen LogP contribution in [0, 0.1) is 13.8 Å². The molecule has 1 aromatic carbocycles. The molecule has 0 spiro atoms. The van der Waals surface area contributed by atoms with Crippen molar-refractivity contribution in [3.05, 3.63) is 47.3 Å². The summed E-state index contributed by atoms with van der Waals surface area (Å²) in [5.41, 5.74) is 2.16. The Hall–Kier alpha value is -2.54. The second-order valence-electron chi connectivity index (χ2n) is 5.91. The first kappa shape index (κ1) is 14.1. The van der Waals surface area contributed by atoms with E-state index in [9.17, 15) is 0 Å². The van der Waals surface area contributed by atoms with Crippen LogP contribution in [0.25, 0.3) is 11.5 Å². The largest absolute Gasteiger partial charge is 0.334 e. The van der Waals surface area contributed by atoms with Crippen molar-refractivity contribution in [1.82, 2.24) is 29.8 Å². The summed E-state index contributed by atoms with van der Waals surface area (Å²) in [6.07, 6.45) is 0. The number of aryl methyl sites for hydroxylation is 2. The molecule has 118 valence electrons. The van der Waals surface area contributed by atoms with E-state index in [1.54, 1.807) is 0 Å². The molecule has 4 rings (SSSR count). The van der Waals surface area contributed by atoms with Gasteiger partial charge in [-0.2, -0.15) is 4.98 Å². The predicted octanol–water partition coefficient (Wildman–Crippen LogP) is 1.96. The Bertz CT molecular complexity index is 819. The van der Waals surface area contributed by atoms with Crippen molar-refractivity contribution < 1.29 is 4.52 Å². The lowest BCUT2D eigenvalue weighted by atomic mass is 10.1. The lowest BCUT2D eigenvalue weighted by molar-refractivity contribution is 0.200. The fourth-order valence-corrected chi connectivity index (χ4v) is 2.82. The van der Waals surface area contributed by atoms with E-state index in [1.807, 2.05) is 31.2 Å². The molecule has 3 aromatic rings. The van der Waals surface area contributed by atoms with Crippen LogP contribution >= 0.6 is 0 Å². The molecule has 7 nitrogen and oxygen atoms in total. The minimum absolute atomic E-state index is 0.566. The van der Waals surface area contributed by atoms with Crippen molar-refractivity contribution in [2.45, 2.75) is 33.5 Å². The predicted molar refractivity (Wildman–Crippen MR) is 83.3 cm³/mol. The average Bonchev–Trinajstić information content (AvgIpc) is 3.16. The minimum atomic E-state index is 0.566. The second-order valence-corrected chi connectivity index (χ2v) is 5.91. The molecule has 0 saturated heterocycles. The van der Waals surface area contributed by atoms with Crippen LogP contribution in [-0.4, -0.2) is 36.3 Å². The van der Waals surface area contributed by atoms with Gasteiger partial charge in [0.25, 0.3) is 5.89 Å². The average molecular weight is 310 g/mol. The van der Waals surface area contributed by atoms with E-state index in [-0.39, 0.29) is 0 Å². The zero-order chi connectivity index (χ0) is 15.8. The number of benzene rings is 1. The van der Waals surface area contributed by atoms with Crippen LogP contribution in [0.1, 0.15) is 23.0 Å². The Morgan fingerprint density at radius 1 is 1.09 bits per heavy atom. The molecule has 3 heterocycles. The van der Waals surface area contributed by atoms with Crippen molar-refractivity contribution in [2.24, 2.45) is 0 Å². The molecule has 0 radical (unpaired) electrons. The summed E-state index contributed by atoms with van der Waals surface area (Å²) in [4.78, 5) is 6.76. The van der Waals surface area contributed by atoms with Gasteiger partial charge in [0, 0.05) is 18.7 Å². The Morgan fingerprint density at radius 2 is 1.91 bits per heavy atom. The van der Waals surface area contributed by atoms with Gasteiger partial charge in [-0.15, -0.1) is 10.2 Å². The number of hydrogen-bond donors (Lipinski definition) is 0. The van der Waals surface area contributed by atoms with E-state index in [1.165, 1.54) is 5.56 Å². The lowest BCUT2D eigenvalue weighted by Crippen LogP contribution is -2.34. The maximum atomic E-state index is 5.38. The van der Waals surface area contributed by atoms with Crippen molar-refractivity contribution in [1.29, 1.82) is 0 Å². The zero-order valence-electron chi connectivity index (χ0n) is 13.2. The molecule has 0 amide bonds. The molecule has 23 heavy (non-hydrogen) atoms. The van der Waals surface area contributed by atoms with Crippen LogP contribution in [0.2, 0.25) is 0 Å². The van der Waals surface area contributed by atoms with E-state index in [4.69, 9.17) is 4.52 Å². The van der Waals surface area contributed by atoms with Crippen LogP contribution < -0.4 is 0 Å². The number of fused-ring (bicyclic) bond motifs is 1. The van der Waals surface area contributed by atoms with E-state index >= 15 is 0 Å². The molecule has 0 N–H and O–H groups in total. The SMILES string of the molecule is Cc1ccc(-c2nc(CN3CCn4c(C)nnc4C3)no2)cc1. The highest BCUT2D eigenvalue weighted by atomic mass is 16.5. The van der Waals surface area contributed by atoms with Gasteiger partial charge in [0.2, 0.25) is 0 Å². The number of aromatic nitrogens is 5. The molecule has 0 atom stereocenters. The maximum absolute atomic E-state index is 5.38. The van der Waals surface area contributed by atoms with Crippen molar-refractivity contribution in [3.63, 3.8) is 0 Å². The van der Waals surface area contributed by atoms with Crippen LogP contribution in [-0.2, 0) is 19.6 Å². The molecular weight excluding hydrogens is 292 g/mol. The number of hydrogen-bond acceptors (Lipinski definition) is 6. The number of nitrogens with zero attached hydrogens (tertiary/aromatic N) is 6. The fraction of sp³-hybridized carbons (Fsp3) is 0.375. The summed E-state index contributed by atoms with van der Waals surface area (Å²) in [5, 5.41) is 12.4. The molecule has 0 bridgehead atoms. The highest BCUT2D eigenvalue weighted by Crippen LogP contribution is 2.19. The first-order valence-corrected chi connectivity index (χ1v) is 7.70. The third kappa shape index (κ3) is 2.75. The molecule has 0 saturated carbocycles. The topological polar surface area (TPSA) is 72.9 Å². The highest BCUT2D eigenvalue weighted by Gasteiger charge is 2.21. The Kier molecular flexibility index (Phi) is 3.42. The molecule has 0 fully saturated rings. The molecule has 0 aliphatic carbocycles. The van der Waals surface area contributed by atoms with Crippen LogP contribution in [0.3, 0.4) is 0 Å². The van der Waals surface area contributed by atoms with Gasteiger partial charge >= 0.3 is 0 Å². The lowest BCUT2D eigenvalue weighted by Gasteiger charge is -2.26. The fourth-order valence-electron chi connectivity index (χ4n) is 2.82. The molecule has 1 aliphatic heterocycles. The van der Waals surface area contributed by atoms with Crippen molar-refractivity contribution >= 4 is 0 Å². The van der Waals surface area contributed by atoms with Gasteiger partial charge in [0.05, 0.1) is 13.1 Å². The van der Waals surface area contributed by atoms with E-state index in [0.29, 0.717) is 18.3 Å². The Labute approximate surface area is 134 Å². The Morgan fingerprint density at radius 3 is 2.74 bits per heavy atom. The monoisotopic (exact) mass is 310 g/mol. The maximum Gasteiger partial charge on any atom is 0.257 e. The first-order valence-electron chi connectivity index (χ1n) is 7.70. The van der Waals surface area contributed by atoms with Gasteiger partial charge in [0.15, 0.2) is 5.82 Å². The van der Waals surface area contributed by atoms with Gasteiger partial charge in [-0.25, -0.2) is 0 Å². The smallest absolute Gasteiger partial charge is 0.257 e. The van der Waals surface area contributed by atoms with E-state index in [2.05, 4.69) is 36.7 Å².